The number of hydrogen-bond donors (Lipinski definition) is 1. The molecule has 1 saturated carbocycles. The molecular formula is C18H24N2S. The Balaban J connectivity index is 1.98. The summed E-state index contributed by atoms with van der Waals surface area (Å²) in [5.41, 5.74) is 2.82. The molecule has 3 heteroatoms. The summed E-state index contributed by atoms with van der Waals surface area (Å²) in [7, 11) is 0. The molecule has 1 aliphatic rings. The third-order valence-corrected chi connectivity index (χ3v) is 6.22. The number of thiazole rings is 1. The van der Waals surface area contributed by atoms with Crippen molar-refractivity contribution in [3.8, 4) is 0 Å². The van der Waals surface area contributed by atoms with Crippen LogP contribution in [0, 0.1) is 6.92 Å². The summed E-state index contributed by atoms with van der Waals surface area (Å²) in [5.74, 6) is 0. The fraction of sp³-hybridized carbons (Fsp3) is 0.500. The third-order valence-electron chi connectivity index (χ3n) is 4.68. The second kappa shape index (κ2) is 5.90. The molecule has 1 aromatic carbocycles. The minimum Gasteiger partial charge on any atom is -0.310 e. The van der Waals surface area contributed by atoms with E-state index < -0.39 is 0 Å². The molecule has 1 heterocycles. The van der Waals surface area contributed by atoms with E-state index in [-0.39, 0.29) is 5.41 Å². The maximum Gasteiger partial charge on any atom is 0.104 e. The molecule has 0 saturated heterocycles. The van der Waals surface area contributed by atoms with Gasteiger partial charge >= 0.3 is 0 Å². The molecule has 112 valence electrons. The average molecular weight is 300 g/mol. The van der Waals surface area contributed by atoms with Crippen LogP contribution in [0.25, 0.3) is 0 Å². The molecule has 1 aliphatic carbocycles. The molecule has 0 amide bonds. The van der Waals surface area contributed by atoms with Gasteiger partial charge in [-0.2, -0.15) is 0 Å². The maximum atomic E-state index is 4.96. The van der Waals surface area contributed by atoms with Gasteiger partial charge in [0.05, 0.1) is 5.69 Å². The Morgan fingerprint density at radius 2 is 2.00 bits per heavy atom. The Bertz CT molecular complexity index is 599. The number of hydrogen-bond acceptors (Lipinski definition) is 3. The molecule has 0 spiro atoms. The lowest BCUT2D eigenvalue weighted by molar-refractivity contribution is 0.300. The molecule has 1 unspecified atom stereocenters. The number of nitrogens with zero attached hydrogens (tertiary/aromatic N) is 1. The van der Waals surface area contributed by atoms with E-state index in [4.69, 9.17) is 4.98 Å². The zero-order chi connectivity index (χ0) is 14.9. The molecule has 0 radical (unpaired) electrons. The minimum absolute atomic E-state index is 0.181. The second-order valence-corrected chi connectivity index (χ2v) is 7.08. The van der Waals surface area contributed by atoms with Gasteiger partial charge in [0.1, 0.15) is 5.01 Å². The highest BCUT2D eigenvalue weighted by Crippen LogP contribution is 2.50. The number of benzene rings is 1. The van der Waals surface area contributed by atoms with Gasteiger partial charge in [-0.05, 0) is 38.8 Å². The summed E-state index contributed by atoms with van der Waals surface area (Å²) in [5, 5.41) is 4.83. The highest BCUT2D eigenvalue weighted by molar-refractivity contribution is 7.12. The molecule has 3 rings (SSSR count). The molecule has 2 aromatic rings. The van der Waals surface area contributed by atoms with Crippen molar-refractivity contribution in [3.63, 3.8) is 0 Å². The minimum atomic E-state index is 0.181. The van der Waals surface area contributed by atoms with Crippen molar-refractivity contribution in [1.29, 1.82) is 0 Å². The van der Waals surface area contributed by atoms with Crippen molar-refractivity contribution in [2.75, 3.05) is 6.54 Å². The quantitative estimate of drug-likeness (QED) is 0.873. The zero-order valence-corrected chi connectivity index (χ0v) is 14.0. The summed E-state index contributed by atoms with van der Waals surface area (Å²) in [6, 6.07) is 11.3. The van der Waals surface area contributed by atoms with Crippen LogP contribution in [-0.4, -0.2) is 11.5 Å². The topological polar surface area (TPSA) is 24.9 Å². The highest BCUT2D eigenvalue weighted by Gasteiger charge is 2.43. The summed E-state index contributed by atoms with van der Waals surface area (Å²) in [4.78, 5) is 6.36. The van der Waals surface area contributed by atoms with Gasteiger partial charge in [0.15, 0.2) is 0 Å². The summed E-state index contributed by atoms with van der Waals surface area (Å²) >= 11 is 1.91. The van der Waals surface area contributed by atoms with Crippen LogP contribution in [0.3, 0.4) is 0 Å². The second-order valence-electron chi connectivity index (χ2n) is 6.05. The molecule has 1 atom stereocenters. The number of aromatic nitrogens is 1. The first-order chi connectivity index (χ1) is 10.2. The van der Waals surface area contributed by atoms with Gasteiger partial charge < -0.3 is 5.32 Å². The van der Waals surface area contributed by atoms with Crippen LogP contribution in [0.2, 0.25) is 0 Å². The van der Waals surface area contributed by atoms with Gasteiger partial charge in [0.2, 0.25) is 0 Å². The van der Waals surface area contributed by atoms with Gasteiger partial charge in [-0.3, -0.25) is 0 Å². The van der Waals surface area contributed by atoms with Crippen LogP contribution in [0.4, 0.5) is 0 Å². The van der Waals surface area contributed by atoms with E-state index in [1.807, 2.05) is 11.3 Å². The molecule has 2 nitrogen and oxygen atoms in total. The predicted molar refractivity (Wildman–Crippen MR) is 90.0 cm³/mol. The molecule has 21 heavy (non-hydrogen) atoms. The fourth-order valence-corrected chi connectivity index (χ4v) is 4.69. The molecule has 1 N–H and O–H groups in total. The first kappa shape index (κ1) is 14.7. The van der Waals surface area contributed by atoms with E-state index in [2.05, 4.69) is 56.4 Å². The highest BCUT2D eigenvalue weighted by atomic mass is 32.1. The van der Waals surface area contributed by atoms with E-state index in [0.29, 0.717) is 6.04 Å². The smallest absolute Gasteiger partial charge is 0.104 e. The lowest BCUT2D eigenvalue weighted by atomic mass is 9.65. The van der Waals surface area contributed by atoms with Crippen molar-refractivity contribution in [2.24, 2.45) is 0 Å². The molecule has 1 aromatic heterocycles. The van der Waals surface area contributed by atoms with Gasteiger partial charge in [0.25, 0.3) is 0 Å². The van der Waals surface area contributed by atoms with Crippen molar-refractivity contribution in [3.05, 3.63) is 51.5 Å². The van der Waals surface area contributed by atoms with Crippen LogP contribution in [-0.2, 0) is 5.41 Å². The third kappa shape index (κ3) is 2.53. The van der Waals surface area contributed by atoms with E-state index in [9.17, 15) is 0 Å². The Labute approximate surface area is 131 Å². The fourth-order valence-electron chi connectivity index (χ4n) is 3.33. The van der Waals surface area contributed by atoms with Gasteiger partial charge in [-0.15, -0.1) is 11.3 Å². The predicted octanol–water partition coefficient (Wildman–Crippen LogP) is 4.59. The molecular weight excluding hydrogens is 276 g/mol. The lowest BCUT2D eigenvalue weighted by Gasteiger charge is -2.40. The van der Waals surface area contributed by atoms with Crippen molar-refractivity contribution >= 4 is 11.3 Å². The van der Waals surface area contributed by atoms with Gasteiger partial charge in [-0.25, -0.2) is 4.98 Å². The van der Waals surface area contributed by atoms with Crippen LogP contribution >= 0.6 is 11.3 Å². The molecule has 0 bridgehead atoms. The normalized spacial score (nSPS) is 18.2. The number of nitrogens with one attached hydrogen (secondary N) is 1. The largest absolute Gasteiger partial charge is 0.310 e. The summed E-state index contributed by atoms with van der Waals surface area (Å²) in [6.45, 7) is 7.55. The van der Waals surface area contributed by atoms with Crippen LogP contribution < -0.4 is 5.32 Å². The lowest BCUT2D eigenvalue weighted by Crippen LogP contribution is -2.35. The van der Waals surface area contributed by atoms with E-state index in [0.717, 1.165) is 6.54 Å². The Kier molecular flexibility index (Phi) is 4.14. The van der Waals surface area contributed by atoms with Gasteiger partial charge in [-0.1, -0.05) is 43.7 Å². The summed E-state index contributed by atoms with van der Waals surface area (Å²) < 4.78 is 0. The zero-order valence-electron chi connectivity index (χ0n) is 13.1. The Hall–Kier alpha value is -1.19. The first-order valence-electron chi connectivity index (χ1n) is 7.94. The van der Waals surface area contributed by atoms with E-state index in [1.165, 1.54) is 40.4 Å². The SMILES string of the molecule is CCNC(C)c1sc(C2(c3ccccc3)CCC2)nc1C. The molecule has 0 aliphatic heterocycles. The Morgan fingerprint density at radius 3 is 2.57 bits per heavy atom. The van der Waals surface area contributed by atoms with Crippen LogP contribution in [0.15, 0.2) is 30.3 Å². The van der Waals surface area contributed by atoms with Crippen molar-refractivity contribution < 1.29 is 0 Å². The Morgan fingerprint density at radius 1 is 1.29 bits per heavy atom. The summed E-state index contributed by atoms with van der Waals surface area (Å²) in [6.07, 6.45) is 3.78. The van der Waals surface area contributed by atoms with Crippen molar-refractivity contribution in [2.45, 2.75) is 51.5 Å². The number of rotatable bonds is 5. The van der Waals surface area contributed by atoms with E-state index >= 15 is 0 Å². The van der Waals surface area contributed by atoms with Crippen molar-refractivity contribution in [1.82, 2.24) is 10.3 Å². The molecule has 1 fully saturated rings. The monoisotopic (exact) mass is 300 g/mol. The van der Waals surface area contributed by atoms with Crippen LogP contribution in [0.5, 0.6) is 0 Å². The average Bonchev–Trinajstić information content (AvgIpc) is 2.81. The van der Waals surface area contributed by atoms with Crippen LogP contribution in [0.1, 0.15) is 60.3 Å². The first-order valence-corrected chi connectivity index (χ1v) is 8.76. The maximum absolute atomic E-state index is 4.96. The van der Waals surface area contributed by atoms with Gasteiger partial charge in [0, 0.05) is 16.3 Å². The number of aryl methyl sites for hydroxylation is 1. The van der Waals surface area contributed by atoms with E-state index in [1.54, 1.807) is 0 Å². The standard InChI is InChI=1S/C18H24N2S/c1-4-19-13(2)16-14(3)20-17(21-16)18(11-8-12-18)15-9-6-5-7-10-15/h5-7,9-10,13,19H,4,8,11-12H2,1-3H3.